The molecular formula is C12H15N3S. The van der Waals surface area contributed by atoms with Crippen LogP contribution in [0.2, 0.25) is 0 Å². The average molecular weight is 233 g/mol. The van der Waals surface area contributed by atoms with E-state index in [4.69, 9.17) is 5.73 Å². The first-order chi connectivity index (χ1) is 7.72. The molecule has 1 unspecified atom stereocenters. The second-order valence-corrected chi connectivity index (χ2v) is 4.59. The van der Waals surface area contributed by atoms with Crippen molar-refractivity contribution in [3.63, 3.8) is 0 Å². The summed E-state index contributed by atoms with van der Waals surface area (Å²) in [6.45, 7) is 4.07. The normalized spacial score (nSPS) is 12.7. The first-order valence-corrected chi connectivity index (χ1v) is 6.25. The summed E-state index contributed by atoms with van der Waals surface area (Å²) in [5, 5.41) is 2.97. The van der Waals surface area contributed by atoms with Crippen LogP contribution in [-0.2, 0) is 6.42 Å². The van der Waals surface area contributed by atoms with Crippen molar-refractivity contribution in [1.82, 2.24) is 9.97 Å². The van der Waals surface area contributed by atoms with Crippen LogP contribution in [0.1, 0.15) is 31.1 Å². The monoisotopic (exact) mass is 233 g/mol. The van der Waals surface area contributed by atoms with Crippen molar-refractivity contribution in [2.24, 2.45) is 5.73 Å². The van der Waals surface area contributed by atoms with Crippen LogP contribution >= 0.6 is 11.3 Å². The van der Waals surface area contributed by atoms with E-state index < -0.39 is 0 Å². The molecule has 0 aliphatic rings. The van der Waals surface area contributed by atoms with Gasteiger partial charge in [0.25, 0.3) is 0 Å². The van der Waals surface area contributed by atoms with E-state index in [9.17, 15) is 0 Å². The fourth-order valence-corrected chi connectivity index (χ4v) is 2.47. The van der Waals surface area contributed by atoms with Gasteiger partial charge in [0, 0.05) is 17.6 Å². The summed E-state index contributed by atoms with van der Waals surface area (Å²) in [6, 6.07) is 4.04. The average Bonchev–Trinajstić information content (AvgIpc) is 2.78. The van der Waals surface area contributed by atoms with Crippen molar-refractivity contribution in [2.45, 2.75) is 26.3 Å². The molecule has 2 aromatic heterocycles. The number of nitrogens with two attached hydrogens (primary N) is 1. The second kappa shape index (κ2) is 4.72. The number of hydrogen-bond donors (Lipinski definition) is 1. The van der Waals surface area contributed by atoms with Crippen LogP contribution in [0.4, 0.5) is 0 Å². The fraction of sp³-hybridized carbons (Fsp3) is 0.333. The van der Waals surface area contributed by atoms with Gasteiger partial charge in [0.15, 0.2) is 0 Å². The molecule has 0 saturated carbocycles. The highest BCUT2D eigenvalue weighted by Crippen LogP contribution is 2.26. The van der Waals surface area contributed by atoms with Gasteiger partial charge in [-0.2, -0.15) is 0 Å². The van der Waals surface area contributed by atoms with Gasteiger partial charge < -0.3 is 5.73 Å². The standard InChI is InChI=1S/C12H15N3S/c1-3-9-5-4-6-14-11(9)12-15-10(7-16-12)8(2)13/h4-8H,3,13H2,1-2H3. The Balaban J connectivity index is 2.42. The van der Waals surface area contributed by atoms with Crippen molar-refractivity contribution in [3.8, 4) is 10.7 Å². The Morgan fingerprint density at radius 2 is 2.31 bits per heavy atom. The molecule has 0 bridgehead atoms. The van der Waals surface area contributed by atoms with Crippen molar-refractivity contribution in [2.75, 3.05) is 0 Å². The molecule has 0 aromatic carbocycles. The van der Waals surface area contributed by atoms with E-state index in [2.05, 4.69) is 23.0 Å². The van der Waals surface area contributed by atoms with Crippen LogP contribution in [0.15, 0.2) is 23.7 Å². The Morgan fingerprint density at radius 1 is 1.50 bits per heavy atom. The smallest absolute Gasteiger partial charge is 0.142 e. The molecule has 1 atom stereocenters. The molecule has 4 heteroatoms. The van der Waals surface area contributed by atoms with Gasteiger partial charge in [-0.3, -0.25) is 4.98 Å². The third kappa shape index (κ3) is 2.13. The van der Waals surface area contributed by atoms with Gasteiger partial charge in [-0.15, -0.1) is 11.3 Å². The topological polar surface area (TPSA) is 51.8 Å². The van der Waals surface area contributed by atoms with Crippen molar-refractivity contribution >= 4 is 11.3 Å². The predicted molar refractivity (Wildman–Crippen MR) is 67.3 cm³/mol. The lowest BCUT2D eigenvalue weighted by atomic mass is 10.1. The van der Waals surface area contributed by atoms with E-state index in [1.54, 1.807) is 17.5 Å². The first kappa shape index (κ1) is 11.2. The molecule has 0 fully saturated rings. The van der Waals surface area contributed by atoms with Crippen LogP contribution in [0.5, 0.6) is 0 Å². The second-order valence-electron chi connectivity index (χ2n) is 3.73. The number of pyridine rings is 1. The molecule has 16 heavy (non-hydrogen) atoms. The highest BCUT2D eigenvalue weighted by molar-refractivity contribution is 7.13. The maximum absolute atomic E-state index is 5.80. The molecule has 84 valence electrons. The molecule has 0 aliphatic carbocycles. The molecule has 0 aliphatic heterocycles. The summed E-state index contributed by atoms with van der Waals surface area (Å²) in [6.07, 6.45) is 2.78. The zero-order valence-electron chi connectivity index (χ0n) is 9.47. The van der Waals surface area contributed by atoms with Crippen LogP contribution in [0.25, 0.3) is 10.7 Å². The van der Waals surface area contributed by atoms with E-state index in [0.29, 0.717) is 0 Å². The van der Waals surface area contributed by atoms with Gasteiger partial charge in [-0.1, -0.05) is 13.0 Å². The summed E-state index contributed by atoms with van der Waals surface area (Å²) < 4.78 is 0. The van der Waals surface area contributed by atoms with Crippen molar-refractivity contribution < 1.29 is 0 Å². The third-order valence-electron chi connectivity index (χ3n) is 2.46. The van der Waals surface area contributed by atoms with Crippen LogP contribution in [0.3, 0.4) is 0 Å². The molecule has 0 radical (unpaired) electrons. The summed E-state index contributed by atoms with van der Waals surface area (Å²) >= 11 is 1.61. The summed E-state index contributed by atoms with van der Waals surface area (Å²) in [4.78, 5) is 8.92. The van der Waals surface area contributed by atoms with E-state index in [1.807, 2.05) is 18.4 Å². The lowest BCUT2D eigenvalue weighted by Crippen LogP contribution is -2.05. The van der Waals surface area contributed by atoms with Gasteiger partial charge in [0.1, 0.15) is 10.7 Å². The predicted octanol–water partition coefficient (Wildman–Crippen LogP) is 2.79. The van der Waals surface area contributed by atoms with Gasteiger partial charge in [-0.05, 0) is 25.0 Å². The first-order valence-electron chi connectivity index (χ1n) is 5.37. The van der Waals surface area contributed by atoms with Crippen LogP contribution in [-0.4, -0.2) is 9.97 Å². The number of nitrogens with zero attached hydrogens (tertiary/aromatic N) is 2. The molecule has 3 nitrogen and oxygen atoms in total. The van der Waals surface area contributed by atoms with Crippen molar-refractivity contribution in [3.05, 3.63) is 35.0 Å². The third-order valence-corrected chi connectivity index (χ3v) is 3.33. The number of hydrogen-bond acceptors (Lipinski definition) is 4. The van der Waals surface area contributed by atoms with Gasteiger partial charge >= 0.3 is 0 Å². The SMILES string of the molecule is CCc1cccnc1-c1nc(C(C)N)cs1. The Morgan fingerprint density at radius 3 is 2.94 bits per heavy atom. The minimum Gasteiger partial charge on any atom is -0.323 e. The lowest BCUT2D eigenvalue weighted by Gasteiger charge is -2.02. The summed E-state index contributed by atoms with van der Waals surface area (Å²) in [5.74, 6) is 0. The molecule has 2 N–H and O–H groups in total. The molecule has 2 heterocycles. The lowest BCUT2D eigenvalue weighted by molar-refractivity contribution is 0.790. The van der Waals surface area contributed by atoms with E-state index in [1.165, 1.54) is 5.56 Å². The molecule has 2 rings (SSSR count). The summed E-state index contributed by atoms with van der Waals surface area (Å²) in [7, 11) is 0. The quantitative estimate of drug-likeness (QED) is 0.887. The minimum atomic E-state index is -0.0150. The molecule has 2 aromatic rings. The number of rotatable bonds is 3. The zero-order valence-corrected chi connectivity index (χ0v) is 10.3. The number of aromatic nitrogens is 2. The molecule has 0 saturated heterocycles. The van der Waals surface area contributed by atoms with Crippen LogP contribution in [0, 0.1) is 0 Å². The maximum atomic E-state index is 5.80. The number of aryl methyl sites for hydroxylation is 1. The molecule has 0 amide bonds. The largest absolute Gasteiger partial charge is 0.323 e. The van der Waals surface area contributed by atoms with Crippen molar-refractivity contribution in [1.29, 1.82) is 0 Å². The van der Waals surface area contributed by atoms with Gasteiger partial charge in [0.05, 0.1) is 5.69 Å². The molecular weight excluding hydrogens is 218 g/mol. The van der Waals surface area contributed by atoms with E-state index in [0.717, 1.165) is 22.8 Å². The molecule has 0 spiro atoms. The van der Waals surface area contributed by atoms with Gasteiger partial charge in [0.2, 0.25) is 0 Å². The highest BCUT2D eigenvalue weighted by Gasteiger charge is 2.11. The van der Waals surface area contributed by atoms with Crippen LogP contribution < -0.4 is 5.73 Å². The Hall–Kier alpha value is -1.26. The Bertz CT molecular complexity index is 477. The maximum Gasteiger partial charge on any atom is 0.142 e. The van der Waals surface area contributed by atoms with Gasteiger partial charge in [-0.25, -0.2) is 4.98 Å². The fourth-order valence-electron chi connectivity index (χ4n) is 1.52. The zero-order chi connectivity index (χ0) is 11.5. The summed E-state index contributed by atoms with van der Waals surface area (Å²) in [5.41, 5.74) is 8.95. The Labute approximate surface area is 99.4 Å². The number of thiazole rings is 1. The highest BCUT2D eigenvalue weighted by atomic mass is 32.1. The van der Waals surface area contributed by atoms with E-state index >= 15 is 0 Å². The van der Waals surface area contributed by atoms with E-state index in [-0.39, 0.29) is 6.04 Å². The minimum absolute atomic E-state index is 0.0150. The Kier molecular flexibility index (Phi) is 3.31.